The van der Waals surface area contributed by atoms with Crippen LogP contribution in [0.15, 0.2) is 18.2 Å². The van der Waals surface area contributed by atoms with Gasteiger partial charge in [0.05, 0.1) is 0 Å². The largest absolute Gasteiger partial charge is 0.451 e. The summed E-state index contributed by atoms with van der Waals surface area (Å²) in [7, 11) is 0. The SMILES string of the molecule is CCCC[C@]1(C)NC(=O)N(CC(=O)O[C@H](C)C(=O)Nc2ccc(F)c(F)c2)C1=O. The van der Waals surface area contributed by atoms with Crippen molar-refractivity contribution in [2.24, 2.45) is 0 Å². The first-order chi connectivity index (χ1) is 13.6. The number of benzene rings is 1. The molecule has 0 spiro atoms. The van der Waals surface area contributed by atoms with Gasteiger partial charge in [-0.3, -0.25) is 19.3 Å². The number of amides is 4. The number of nitrogens with zero attached hydrogens (tertiary/aromatic N) is 1. The van der Waals surface area contributed by atoms with Gasteiger partial charge in [-0.25, -0.2) is 13.6 Å². The number of carbonyl (C=O) groups is 4. The van der Waals surface area contributed by atoms with Gasteiger partial charge in [0.1, 0.15) is 12.1 Å². The highest BCUT2D eigenvalue weighted by Crippen LogP contribution is 2.23. The van der Waals surface area contributed by atoms with Crippen molar-refractivity contribution in [3.8, 4) is 0 Å². The van der Waals surface area contributed by atoms with Gasteiger partial charge >= 0.3 is 12.0 Å². The Balaban J connectivity index is 1.92. The molecule has 10 heteroatoms. The summed E-state index contributed by atoms with van der Waals surface area (Å²) in [5.74, 6) is -4.48. The summed E-state index contributed by atoms with van der Waals surface area (Å²) in [5, 5.41) is 4.85. The average Bonchev–Trinajstić information content (AvgIpc) is 2.86. The monoisotopic (exact) mass is 411 g/mol. The second-order valence-electron chi connectivity index (χ2n) is 7.01. The number of unbranched alkanes of at least 4 members (excludes halogenated alkanes) is 1. The van der Waals surface area contributed by atoms with Crippen molar-refractivity contribution in [1.82, 2.24) is 10.2 Å². The van der Waals surface area contributed by atoms with Crippen LogP contribution in [0, 0.1) is 11.6 Å². The first kappa shape index (κ1) is 22.3. The number of urea groups is 1. The van der Waals surface area contributed by atoms with Crippen molar-refractivity contribution >= 4 is 29.5 Å². The molecule has 0 saturated carbocycles. The van der Waals surface area contributed by atoms with Gasteiger partial charge in [0.25, 0.3) is 11.8 Å². The lowest BCUT2D eigenvalue weighted by Gasteiger charge is -2.21. The van der Waals surface area contributed by atoms with Gasteiger partial charge in [-0.2, -0.15) is 0 Å². The molecule has 158 valence electrons. The molecule has 1 aliphatic heterocycles. The average molecular weight is 411 g/mol. The molecule has 0 unspecified atom stereocenters. The van der Waals surface area contributed by atoms with Gasteiger partial charge in [-0.1, -0.05) is 19.8 Å². The Labute approximate surface area is 166 Å². The number of rotatable bonds is 8. The quantitative estimate of drug-likeness (QED) is 0.505. The minimum atomic E-state index is -1.29. The summed E-state index contributed by atoms with van der Waals surface area (Å²) < 4.78 is 31.1. The topological polar surface area (TPSA) is 105 Å². The maximum Gasteiger partial charge on any atom is 0.327 e. The Hall–Kier alpha value is -3.04. The number of carbonyl (C=O) groups excluding carboxylic acids is 4. The van der Waals surface area contributed by atoms with Gasteiger partial charge in [-0.05, 0) is 32.4 Å². The Bertz CT molecular complexity index is 832. The molecule has 0 bridgehead atoms. The molecular formula is C19H23F2N3O5. The van der Waals surface area contributed by atoms with Crippen molar-refractivity contribution in [2.45, 2.75) is 51.7 Å². The zero-order chi connectivity index (χ0) is 21.8. The van der Waals surface area contributed by atoms with E-state index in [9.17, 15) is 28.0 Å². The second kappa shape index (κ2) is 8.97. The van der Waals surface area contributed by atoms with E-state index in [0.29, 0.717) is 6.42 Å². The number of halogens is 2. The first-order valence-electron chi connectivity index (χ1n) is 9.17. The number of nitrogens with one attached hydrogen (secondary N) is 2. The minimum Gasteiger partial charge on any atom is -0.451 e. The first-order valence-corrected chi connectivity index (χ1v) is 9.17. The van der Waals surface area contributed by atoms with E-state index in [1.807, 2.05) is 6.92 Å². The maximum atomic E-state index is 13.2. The smallest absolute Gasteiger partial charge is 0.327 e. The lowest BCUT2D eigenvalue weighted by molar-refractivity contribution is -0.155. The third-order valence-electron chi connectivity index (χ3n) is 4.53. The second-order valence-corrected chi connectivity index (χ2v) is 7.01. The molecule has 1 fully saturated rings. The van der Waals surface area contributed by atoms with Crippen molar-refractivity contribution < 1.29 is 32.7 Å². The third-order valence-corrected chi connectivity index (χ3v) is 4.53. The molecular weight excluding hydrogens is 388 g/mol. The van der Waals surface area contributed by atoms with Crippen LogP contribution in [0.3, 0.4) is 0 Å². The summed E-state index contributed by atoms with van der Waals surface area (Å²) >= 11 is 0. The molecule has 1 heterocycles. The molecule has 1 saturated heterocycles. The predicted molar refractivity (Wildman–Crippen MR) is 98.7 cm³/mol. The van der Waals surface area contributed by atoms with E-state index in [1.54, 1.807) is 6.92 Å². The molecule has 0 aromatic heterocycles. The Morgan fingerprint density at radius 3 is 2.59 bits per heavy atom. The summed E-state index contributed by atoms with van der Waals surface area (Å²) in [5.41, 5.74) is -1.10. The van der Waals surface area contributed by atoms with Crippen molar-refractivity contribution in [3.63, 3.8) is 0 Å². The van der Waals surface area contributed by atoms with E-state index in [4.69, 9.17) is 4.74 Å². The summed E-state index contributed by atoms with van der Waals surface area (Å²) in [6.45, 7) is 4.16. The highest BCUT2D eigenvalue weighted by molar-refractivity contribution is 6.08. The van der Waals surface area contributed by atoms with Crippen LogP contribution in [0.1, 0.15) is 40.0 Å². The summed E-state index contributed by atoms with van der Waals surface area (Å²) in [6.07, 6.45) is 0.711. The van der Waals surface area contributed by atoms with Gasteiger partial charge in [0.15, 0.2) is 17.7 Å². The molecule has 2 atom stereocenters. The molecule has 4 amide bonds. The molecule has 8 nitrogen and oxygen atoms in total. The zero-order valence-corrected chi connectivity index (χ0v) is 16.4. The number of imide groups is 1. The molecule has 2 N–H and O–H groups in total. The molecule has 0 radical (unpaired) electrons. The lowest BCUT2D eigenvalue weighted by atomic mass is 9.95. The number of ether oxygens (including phenoxy) is 1. The zero-order valence-electron chi connectivity index (χ0n) is 16.4. The van der Waals surface area contributed by atoms with Crippen LogP contribution in [-0.4, -0.2) is 46.9 Å². The molecule has 1 aromatic carbocycles. The van der Waals surface area contributed by atoms with Gasteiger partial charge < -0.3 is 15.4 Å². The number of anilines is 1. The van der Waals surface area contributed by atoms with E-state index in [1.165, 1.54) is 6.92 Å². The van der Waals surface area contributed by atoms with Crippen LogP contribution in [0.2, 0.25) is 0 Å². The van der Waals surface area contributed by atoms with Gasteiger partial charge in [-0.15, -0.1) is 0 Å². The number of esters is 1. The summed E-state index contributed by atoms with van der Waals surface area (Å²) in [6, 6.07) is 2.07. The van der Waals surface area contributed by atoms with E-state index >= 15 is 0 Å². The molecule has 2 rings (SSSR count). The normalized spacial score (nSPS) is 19.7. The highest BCUT2D eigenvalue weighted by Gasteiger charge is 2.48. The molecule has 1 aromatic rings. The minimum absolute atomic E-state index is 0.0161. The molecule has 1 aliphatic rings. The fourth-order valence-corrected chi connectivity index (χ4v) is 2.83. The van der Waals surface area contributed by atoms with Crippen LogP contribution in [0.4, 0.5) is 19.3 Å². The predicted octanol–water partition coefficient (Wildman–Crippen LogP) is 2.34. The van der Waals surface area contributed by atoms with Crippen molar-refractivity contribution in [2.75, 3.05) is 11.9 Å². The van der Waals surface area contributed by atoms with Crippen molar-refractivity contribution in [1.29, 1.82) is 0 Å². The number of hydrogen-bond donors (Lipinski definition) is 2. The Morgan fingerprint density at radius 1 is 1.28 bits per heavy atom. The maximum absolute atomic E-state index is 13.2. The highest BCUT2D eigenvalue weighted by atomic mass is 19.2. The standard InChI is InChI=1S/C19H23F2N3O5/c1-4-5-8-19(3)17(27)24(18(28)23-19)10-15(25)29-11(2)16(26)22-12-6-7-13(20)14(21)9-12/h6-7,9,11H,4-5,8,10H2,1-3H3,(H,22,26)(H,23,28)/t11-,19+/m1/s1. The van der Waals surface area contributed by atoms with Gasteiger partial charge in [0, 0.05) is 11.8 Å². The van der Waals surface area contributed by atoms with Crippen LogP contribution < -0.4 is 10.6 Å². The third kappa shape index (κ3) is 5.27. The Kier molecular flexibility index (Phi) is 6.89. The lowest BCUT2D eigenvalue weighted by Crippen LogP contribution is -2.44. The van der Waals surface area contributed by atoms with E-state index in [-0.39, 0.29) is 5.69 Å². The van der Waals surface area contributed by atoms with E-state index < -0.39 is 53.6 Å². The van der Waals surface area contributed by atoms with Crippen LogP contribution in [-0.2, 0) is 19.1 Å². The molecule has 0 aliphatic carbocycles. The number of hydrogen-bond acceptors (Lipinski definition) is 5. The van der Waals surface area contributed by atoms with E-state index in [2.05, 4.69) is 10.6 Å². The van der Waals surface area contributed by atoms with Crippen LogP contribution in [0.25, 0.3) is 0 Å². The molecule has 29 heavy (non-hydrogen) atoms. The summed E-state index contributed by atoms with van der Waals surface area (Å²) in [4.78, 5) is 49.5. The Morgan fingerprint density at radius 2 is 1.97 bits per heavy atom. The van der Waals surface area contributed by atoms with E-state index in [0.717, 1.165) is 35.9 Å². The van der Waals surface area contributed by atoms with Crippen LogP contribution >= 0.6 is 0 Å². The van der Waals surface area contributed by atoms with Crippen LogP contribution in [0.5, 0.6) is 0 Å². The fourth-order valence-electron chi connectivity index (χ4n) is 2.83. The fraction of sp³-hybridized carbons (Fsp3) is 0.474. The van der Waals surface area contributed by atoms with Gasteiger partial charge in [0.2, 0.25) is 0 Å². The van der Waals surface area contributed by atoms with Crippen molar-refractivity contribution in [3.05, 3.63) is 29.8 Å².